The van der Waals surface area contributed by atoms with Crippen molar-refractivity contribution in [3.8, 4) is 0 Å². The van der Waals surface area contributed by atoms with Crippen LogP contribution in [0.25, 0.3) is 0 Å². The van der Waals surface area contributed by atoms with E-state index in [1.807, 2.05) is 12.1 Å². The van der Waals surface area contributed by atoms with Gasteiger partial charge in [0.25, 0.3) is 0 Å². The SMILES string of the molecule is CCOC1CCCN(C(c2ccco2)C(N)CC)C1. The zero-order valence-corrected chi connectivity index (χ0v) is 12.0. The molecule has 1 aromatic rings. The highest BCUT2D eigenvalue weighted by Gasteiger charge is 2.32. The van der Waals surface area contributed by atoms with Crippen LogP contribution >= 0.6 is 0 Å². The zero-order valence-electron chi connectivity index (χ0n) is 12.0. The van der Waals surface area contributed by atoms with Crippen LogP contribution in [0, 0.1) is 0 Å². The first-order chi connectivity index (χ1) is 9.26. The van der Waals surface area contributed by atoms with Crippen LogP contribution in [0.4, 0.5) is 0 Å². The van der Waals surface area contributed by atoms with E-state index in [0.29, 0.717) is 6.10 Å². The summed E-state index contributed by atoms with van der Waals surface area (Å²) in [5.41, 5.74) is 6.32. The van der Waals surface area contributed by atoms with Crippen LogP contribution in [0.3, 0.4) is 0 Å². The fourth-order valence-electron chi connectivity index (χ4n) is 2.94. The molecule has 1 aliphatic heterocycles. The topological polar surface area (TPSA) is 51.6 Å². The Kier molecular flexibility index (Phi) is 5.43. The molecule has 0 aliphatic carbocycles. The minimum atomic E-state index is 0.103. The fourth-order valence-corrected chi connectivity index (χ4v) is 2.94. The van der Waals surface area contributed by atoms with E-state index in [2.05, 4.69) is 18.7 Å². The van der Waals surface area contributed by atoms with Crippen molar-refractivity contribution in [1.29, 1.82) is 0 Å². The van der Waals surface area contributed by atoms with Gasteiger partial charge in [-0.05, 0) is 44.9 Å². The lowest BCUT2D eigenvalue weighted by Gasteiger charge is -2.39. The first-order valence-electron chi connectivity index (χ1n) is 7.40. The Morgan fingerprint density at radius 1 is 1.53 bits per heavy atom. The van der Waals surface area contributed by atoms with Crippen molar-refractivity contribution in [3.63, 3.8) is 0 Å². The summed E-state index contributed by atoms with van der Waals surface area (Å²) in [4.78, 5) is 2.43. The van der Waals surface area contributed by atoms with Crippen LogP contribution in [0.1, 0.15) is 44.9 Å². The summed E-state index contributed by atoms with van der Waals surface area (Å²) in [7, 11) is 0. The number of piperidine rings is 1. The molecule has 1 aliphatic rings. The second kappa shape index (κ2) is 7.08. The molecular weight excluding hydrogens is 240 g/mol. The van der Waals surface area contributed by atoms with Crippen LogP contribution in [0.15, 0.2) is 22.8 Å². The summed E-state index contributed by atoms with van der Waals surface area (Å²) in [6.45, 7) is 6.99. The van der Waals surface area contributed by atoms with Gasteiger partial charge in [-0.25, -0.2) is 0 Å². The Morgan fingerprint density at radius 3 is 3.00 bits per heavy atom. The van der Waals surface area contributed by atoms with Crippen molar-refractivity contribution < 1.29 is 9.15 Å². The van der Waals surface area contributed by atoms with E-state index in [1.165, 1.54) is 0 Å². The third-order valence-corrected chi connectivity index (χ3v) is 3.92. The summed E-state index contributed by atoms with van der Waals surface area (Å²) in [6.07, 6.45) is 5.32. The molecule has 2 N–H and O–H groups in total. The molecule has 0 radical (unpaired) electrons. The van der Waals surface area contributed by atoms with E-state index in [-0.39, 0.29) is 12.1 Å². The minimum absolute atomic E-state index is 0.103. The van der Waals surface area contributed by atoms with Crippen LogP contribution in [0.2, 0.25) is 0 Å². The van der Waals surface area contributed by atoms with E-state index in [1.54, 1.807) is 6.26 Å². The number of likely N-dealkylation sites (tertiary alicyclic amines) is 1. The molecule has 3 unspecified atom stereocenters. The lowest BCUT2D eigenvalue weighted by molar-refractivity contribution is -0.0147. The lowest BCUT2D eigenvalue weighted by Crippen LogP contribution is -2.47. The predicted octanol–water partition coefficient (Wildman–Crippen LogP) is 2.56. The summed E-state index contributed by atoms with van der Waals surface area (Å²) in [5, 5.41) is 0. The minimum Gasteiger partial charge on any atom is -0.468 e. The summed E-state index contributed by atoms with van der Waals surface area (Å²) in [6, 6.07) is 4.24. The first-order valence-corrected chi connectivity index (χ1v) is 7.40. The Labute approximate surface area is 115 Å². The highest BCUT2D eigenvalue weighted by Crippen LogP contribution is 2.29. The quantitative estimate of drug-likeness (QED) is 0.859. The van der Waals surface area contributed by atoms with E-state index in [4.69, 9.17) is 14.9 Å². The second-order valence-corrected chi connectivity index (χ2v) is 5.25. The molecule has 1 aromatic heterocycles. The normalized spacial score (nSPS) is 24.3. The number of nitrogens with two attached hydrogens (primary N) is 1. The van der Waals surface area contributed by atoms with E-state index >= 15 is 0 Å². The molecule has 3 atom stereocenters. The molecule has 4 nitrogen and oxygen atoms in total. The van der Waals surface area contributed by atoms with Gasteiger partial charge >= 0.3 is 0 Å². The van der Waals surface area contributed by atoms with Gasteiger partial charge in [-0.3, -0.25) is 4.90 Å². The summed E-state index contributed by atoms with van der Waals surface area (Å²) < 4.78 is 11.4. The monoisotopic (exact) mass is 266 g/mol. The Balaban J connectivity index is 2.09. The highest BCUT2D eigenvalue weighted by atomic mass is 16.5. The zero-order chi connectivity index (χ0) is 13.7. The number of hydrogen-bond donors (Lipinski definition) is 1. The van der Waals surface area contributed by atoms with Gasteiger partial charge in [0, 0.05) is 19.2 Å². The van der Waals surface area contributed by atoms with E-state index in [9.17, 15) is 0 Å². The molecule has 19 heavy (non-hydrogen) atoms. The van der Waals surface area contributed by atoms with Crippen LogP contribution in [-0.2, 0) is 4.74 Å². The van der Waals surface area contributed by atoms with Crippen molar-refractivity contribution in [2.75, 3.05) is 19.7 Å². The van der Waals surface area contributed by atoms with Gasteiger partial charge < -0.3 is 14.9 Å². The predicted molar refractivity (Wildman–Crippen MR) is 75.9 cm³/mol. The molecule has 0 bridgehead atoms. The smallest absolute Gasteiger partial charge is 0.122 e. The molecule has 108 valence electrons. The first kappa shape index (κ1) is 14.6. The number of furan rings is 1. The number of rotatable bonds is 6. The Hall–Kier alpha value is -0.840. The molecule has 1 saturated heterocycles. The van der Waals surface area contributed by atoms with Crippen molar-refractivity contribution in [1.82, 2.24) is 4.90 Å². The highest BCUT2D eigenvalue weighted by molar-refractivity contribution is 5.08. The van der Waals surface area contributed by atoms with E-state index < -0.39 is 0 Å². The van der Waals surface area contributed by atoms with Crippen molar-refractivity contribution in [3.05, 3.63) is 24.2 Å². The molecule has 1 fully saturated rings. The van der Waals surface area contributed by atoms with Gasteiger partial charge in [0.05, 0.1) is 18.4 Å². The molecule has 2 heterocycles. The van der Waals surface area contributed by atoms with Crippen molar-refractivity contribution >= 4 is 0 Å². The van der Waals surface area contributed by atoms with Crippen molar-refractivity contribution in [2.45, 2.75) is 51.3 Å². The Morgan fingerprint density at radius 2 is 2.37 bits per heavy atom. The second-order valence-electron chi connectivity index (χ2n) is 5.25. The molecule has 0 saturated carbocycles. The van der Waals surface area contributed by atoms with Gasteiger partial charge in [-0.2, -0.15) is 0 Å². The number of nitrogens with zero attached hydrogens (tertiary/aromatic N) is 1. The number of ether oxygens (including phenoxy) is 1. The molecule has 0 amide bonds. The molecule has 4 heteroatoms. The van der Waals surface area contributed by atoms with Gasteiger partial charge in [-0.1, -0.05) is 6.92 Å². The van der Waals surface area contributed by atoms with Crippen LogP contribution < -0.4 is 5.73 Å². The lowest BCUT2D eigenvalue weighted by atomic mass is 9.98. The van der Waals surface area contributed by atoms with Crippen molar-refractivity contribution in [2.24, 2.45) is 5.73 Å². The van der Waals surface area contributed by atoms with Crippen LogP contribution in [0.5, 0.6) is 0 Å². The molecule has 0 spiro atoms. The molecular formula is C15H26N2O2. The average molecular weight is 266 g/mol. The maximum atomic E-state index is 6.32. The molecule has 2 rings (SSSR count). The fraction of sp³-hybridized carbons (Fsp3) is 0.733. The van der Waals surface area contributed by atoms with Gasteiger partial charge in [-0.15, -0.1) is 0 Å². The average Bonchev–Trinajstić information content (AvgIpc) is 2.93. The third kappa shape index (κ3) is 3.59. The Bertz CT molecular complexity index is 351. The standard InChI is InChI=1S/C15H26N2O2/c1-3-13(16)15(14-8-6-10-19-14)17-9-5-7-12(11-17)18-4-2/h6,8,10,12-13,15H,3-5,7,9,11,16H2,1-2H3. The maximum absolute atomic E-state index is 6.32. The van der Waals surface area contributed by atoms with Gasteiger partial charge in [0.2, 0.25) is 0 Å². The summed E-state index contributed by atoms with van der Waals surface area (Å²) in [5.74, 6) is 0.978. The third-order valence-electron chi connectivity index (χ3n) is 3.92. The van der Waals surface area contributed by atoms with E-state index in [0.717, 1.165) is 44.7 Å². The largest absolute Gasteiger partial charge is 0.468 e. The maximum Gasteiger partial charge on any atom is 0.122 e. The van der Waals surface area contributed by atoms with Crippen LogP contribution in [-0.4, -0.2) is 36.7 Å². The number of hydrogen-bond acceptors (Lipinski definition) is 4. The van der Waals surface area contributed by atoms with Gasteiger partial charge in [0.15, 0.2) is 0 Å². The molecule has 0 aromatic carbocycles. The summed E-state index contributed by atoms with van der Waals surface area (Å²) >= 11 is 0. The van der Waals surface area contributed by atoms with Gasteiger partial charge in [0.1, 0.15) is 5.76 Å².